The van der Waals surface area contributed by atoms with Crippen molar-refractivity contribution in [2.24, 2.45) is 0 Å². The van der Waals surface area contributed by atoms with Gasteiger partial charge in [0.15, 0.2) is 0 Å². The Balaban J connectivity index is 1.59. The van der Waals surface area contributed by atoms with Crippen molar-refractivity contribution >= 4 is 33.4 Å². The van der Waals surface area contributed by atoms with Gasteiger partial charge in [-0.3, -0.25) is 9.59 Å². The average Bonchev–Trinajstić information content (AvgIpc) is 3.44. The van der Waals surface area contributed by atoms with Crippen molar-refractivity contribution in [2.45, 2.75) is 30.4 Å². The highest BCUT2D eigenvalue weighted by atomic mass is 35.5. The molecule has 168 valence electrons. The molecule has 3 rings (SSSR count). The van der Waals surface area contributed by atoms with Gasteiger partial charge in [0.2, 0.25) is 21.8 Å². The highest BCUT2D eigenvalue weighted by Gasteiger charge is 2.23. The lowest BCUT2D eigenvalue weighted by Gasteiger charge is -2.22. The molecule has 1 atom stereocenters. The molecule has 9 nitrogen and oxygen atoms in total. The van der Waals surface area contributed by atoms with Gasteiger partial charge >= 0.3 is 0 Å². The molecule has 1 aromatic heterocycles. The molecule has 0 spiro atoms. The second-order valence-corrected chi connectivity index (χ2v) is 9.25. The molecule has 0 unspecified atom stereocenters. The largest absolute Gasteiger partial charge is 0.467 e. The zero-order chi connectivity index (χ0) is 22.3. The first-order chi connectivity index (χ1) is 14.8. The Morgan fingerprint density at radius 2 is 1.97 bits per heavy atom. The van der Waals surface area contributed by atoms with E-state index in [4.69, 9.17) is 20.8 Å². The highest BCUT2D eigenvalue weighted by Crippen LogP contribution is 2.14. The fourth-order valence-electron chi connectivity index (χ4n) is 3.05. The van der Waals surface area contributed by atoms with Crippen molar-refractivity contribution in [3.8, 4) is 0 Å². The molecule has 0 bridgehead atoms. The number of carbonyl (C=O) groups excluding carboxylic acids is 2. The molecule has 2 heterocycles. The first-order valence-electron chi connectivity index (χ1n) is 9.77. The Labute approximate surface area is 185 Å². The molecule has 1 saturated heterocycles. The highest BCUT2D eigenvalue weighted by molar-refractivity contribution is 7.89. The minimum absolute atomic E-state index is 0.0170. The maximum atomic E-state index is 12.7. The van der Waals surface area contributed by atoms with Crippen LogP contribution in [-0.2, 0) is 30.9 Å². The number of hydrogen-bond acceptors (Lipinski definition) is 6. The van der Waals surface area contributed by atoms with Gasteiger partial charge in [0, 0.05) is 18.2 Å². The van der Waals surface area contributed by atoms with Crippen molar-refractivity contribution in [2.75, 3.05) is 26.2 Å². The number of benzene rings is 1. The van der Waals surface area contributed by atoms with E-state index in [1.54, 1.807) is 12.1 Å². The second-order valence-electron chi connectivity index (χ2n) is 7.05. The van der Waals surface area contributed by atoms with Gasteiger partial charge in [0.1, 0.15) is 12.3 Å². The number of rotatable bonds is 10. The summed E-state index contributed by atoms with van der Waals surface area (Å²) in [6, 6.07) is 8.91. The maximum Gasteiger partial charge on any atom is 0.241 e. The number of amides is 2. The van der Waals surface area contributed by atoms with Crippen LogP contribution in [0.5, 0.6) is 0 Å². The van der Waals surface area contributed by atoms with E-state index >= 15 is 0 Å². The van der Waals surface area contributed by atoms with Crippen LogP contribution in [0.1, 0.15) is 18.6 Å². The lowest BCUT2D eigenvalue weighted by Crippen LogP contribution is -2.45. The van der Waals surface area contributed by atoms with Crippen LogP contribution in [0.4, 0.5) is 0 Å². The Hall–Kier alpha value is -2.40. The van der Waals surface area contributed by atoms with E-state index in [-0.39, 0.29) is 30.0 Å². The number of hydrogen-bond donors (Lipinski definition) is 2. The summed E-state index contributed by atoms with van der Waals surface area (Å²) in [6.07, 6.45) is 3.27. The van der Waals surface area contributed by atoms with Crippen LogP contribution in [0.2, 0.25) is 5.02 Å². The summed E-state index contributed by atoms with van der Waals surface area (Å²) in [5.74, 6) is -0.460. The topological polar surface area (TPSA) is 118 Å². The molecular formula is C20H24ClN3O6S. The number of furan rings is 1. The Morgan fingerprint density at radius 1 is 1.19 bits per heavy atom. The molecule has 1 fully saturated rings. The van der Waals surface area contributed by atoms with E-state index in [0.29, 0.717) is 23.9 Å². The number of nitrogens with one attached hydrogen (secondary N) is 2. The molecule has 11 heteroatoms. The van der Waals surface area contributed by atoms with Gasteiger partial charge in [0.05, 0.1) is 30.4 Å². The second kappa shape index (κ2) is 10.8. The summed E-state index contributed by atoms with van der Waals surface area (Å²) < 4.78 is 37.8. The Kier molecular flexibility index (Phi) is 8.08. The summed E-state index contributed by atoms with van der Waals surface area (Å²) >= 11 is 5.78. The van der Waals surface area contributed by atoms with Crippen LogP contribution >= 0.6 is 11.6 Å². The molecule has 0 saturated carbocycles. The van der Waals surface area contributed by atoms with Crippen molar-refractivity contribution < 1.29 is 27.2 Å². The Bertz CT molecular complexity index is 973. The van der Waals surface area contributed by atoms with Crippen molar-refractivity contribution in [3.05, 3.63) is 53.4 Å². The number of carbonyl (C=O) groups is 2. The van der Waals surface area contributed by atoms with E-state index in [1.165, 1.54) is 35.4 Å². The summed E-state index contributed by atoms with van der Waals surface area (Å²) in [5.41, 5.74) is 0. The predicted molar refractivity (Wildman–Crippen MR) is 113 cm³/mol. The molecule has 1 aliphatic heterocycles. The summed E-state index contributed by atoms with van der Waals surface area (Å²) in [6.45, 7) is 0.323. The van der Waals surface area contributed by atoms with Crippen LogP contribution in [0.25, 0.3) is 0 Å². The fourth-order valence-corrected chi connectivity index (χ4v) is 4.15. The minimum atomic E-state index is -3.91. The molecule has 0 aliphatic carbocycles. The standard InChI is InChI=1S/C20H24ClN3O6S/c21-15-5-7-18(8-6-15)31(27,28)23-12-20(26)24(13-17-4-2-10-30-17)14-19(25)22-11-16-3-1-9-29-16/h2,4-8,10,16,23H,1,3,9,11-14H2,(H,22,25)/t16-/m0/s1. The summed E-state index contributed by atoms with van der Waals surface area (Å²) in [5, 5.41) is 3.15. The lowest BCUT2D eigenvalue weighted by molar-refractivity contribution is -0.136. The molecule has 2 amide bonds. The molecule has 2 N–H and O–H groups in total. The van der Waals surface area contributed by atoms with Gasteiger partial charge in [0.25, 0.3) is 0 Å². The maximum absolute atomic E-state index is 12.7. The predicted octanol–water partition coefficient (Wildman–Crippen LogP) is 1.54. The van der Waals surface area contributed by atoms with Crippen LogP contribution < -0.4 is 10.0 Å². The number of halogens is 1. The van der Waals surface area contributed by atoms with E-state index in [0.717, 1.165) is 12.8 Å². The summed E-state index contributed by atoms with van der Waals surface area (Å²) in [4.78, 5) is 26.3. The molecule has 31 heavy (non-hydrogen) atoms. The van der Waals surface area contributed by atoms with Crippen LogP contribution in [0.3, 0.4) is 0 Å². The number of nitrogens with zero attached hydrogens (tertiary/aromatic N) is 1. The third-order valence-corrected chi connectivity index (χ3v) is 6.37. The summed E-state index contributed by atoms with van der Waals surface area (Å²) in [7, 11) is -3.91. The SMILES string of the molecule is O=C(CN(Cc1ccco1)C(=O)CNS(=O)(=O)c1ccc(Cl)cc1)NC[C@@H]1CCCO1. The lowest BCUT2D eigenvalue weighted by atomic mass is 10.2. The molecule has 1 aliphatic rings. The van der Waals surface area contributed by atoms with Gasteiger partial charge in [-0.05, 0) is 49.2 Å². The average molecular weight is 470 g/mol. The smallest absolute Gasteiger partial charge is 0.241 e. The molecule has 1 aromatic carbocycles. The zero-order valence-corrected chi connectivity index (χ0v) is 18.3. The van der Waals surface area contributed by atoms with Crippen LogP contribution in [-0.4, -0.2) is 57.5 Å². The van der Waals surface area contributed by atoms with Crippen molar-refractivity contribution in [3.63, 3.8) is 0 Å². The van der Waals surface area contributed by atoms with Gasteiger partial charge < -0.3 is 19.4 Å². The van der Waals surface area contributed by atoms with E-state index in [9.17, 15) is 18.0 Å². The number of sulfonamides is 1. The molecular weight excluding hydrogens is 446 g/mol. The van der Waals surface area contributed by atoms with Gasteiger partial charge in [-0.15, -0.1) is 0 Å². The molecule has 2 aromatic rings. The first kappa shape index (κ1) is 23.3. The van der Waals surface area contributed by atoms with Gasteiger partial charge in [-0.1, -0.05) is 11.6 Å². The van der Waals surface area contributed by atoms with Crippen molar-refractivity contribution in [1.29, 1.82) is 0 Å². The minimum Gasteiger partial charge on any atom is -0.467 e. The third-order valence-electron chi connectivity index (χ3n) is 4.70. The number of ether oxygens (including phenoxy) is 1. The van der Waals surface area contributed by atoms with E-state index in [2.05, 4.69) is 10.0 Å². The quantitative estimate of drug-likeness (QED) is 0.545. The van der Waals surface area contributed by atoms with Gasteiger partial charge in [-0.25, -0.2) is 13.1 Å². The monoisotopic (exact) mass is 469 g/mol. The normalized spacial score (nSPS) is 16.2. The third kappa shape index (κ3) is 7.06. The molecule has 0 radical (unpaired) electrons. The zero-order valence-electron chi connectivity index (χ0n) is 16.8. The van der Waals surface area contributed by atoms with E-state index < -0.39 is 22.5 Å². The van der Waals surface area contributed by atoms with Crippen molar-refractivity contribution in [1.82, 2.24) is 14.9 Å². The van der Waals surface area contributed by atoms with Crippen LogP contribution in [0, 0.1) is 0 Å². The fraction of sp³-hybridized carbons (Fsp3) is 0.400. The Morgan fingerprint density at radius 3 is 2.61 bits per heavy atom. The van der Waals surface area contributed by atoms with E-state index in [1.807, 2.05) is 0 Å². The van der Waals surface area contributed by atoms with Crippen LogP contribution in [0.15, 0.2) is 52.0 Å². The first-order valence-corrected chi connectivity index (χ1v) is 11.6. The van der Waals surface area contributed by atoms with Gasteiger partial charge in [-0.2, -0.15) is 0 Å².